The van der Waals surface area contributed by atoms with Gasteiger partial charge in [-0.05, 0) is 54.7 Å². The van der Waals surface area contributed by atoms with Gasteiger partial charge in [0.25, 0.3) is 10.0 Å². The second-order valence-electron chi connectivity index (χ2n) is 6.23. The minimum Gasteiger partial charge on any atom is -0.433 e. The zero-order chi connectivity index (χ0) is 18.6. The number of aryl methyl sites for hydroxylation is 1. The number of benzene rings is 2. The van der Waals surface area contributed by atoms with E-state index in [1.807, 2.05) is 0 Å². The Balaban J connectivity index is 2.28. The number of ether oxygens (including phenoxy) is 1. The van der Waals surface area contributed by atoms with Crippen LogP contribution in [0, 0.1) is 12.8 Å². The lowest BCUT2D eigenvalue weighted by molar-refractivity contribution is -0.0493. The number of nitrogens with one attached hydrogen (secondary N) is 1. The highest BCUT2D eigenvalue weighted by molar-refractivity contribution is 7.92. The van der Waals surface area contributed by atoms with Gasteiger partial charge in [0.15, 0.2) is 0 Å². The van der Waals surface area contributed by atoms with E-state index in [2.05, 4.69) is 23.3 Å². The number of hydrogen-bond acceptors (Lipinski definition) is 3. The molecule has 0 saturated heterocycles. The SMILES string of the molecule is Cc1ccc(OC(F)F)c(NS(=O)(=O)c2ccc(CC(C)C)cc2)c1. The summed E-state index contributed by atoms with van der Waals surface area (Å²) >= 11 is 0. The van der Waals surface area contributed by atoms with Crippen molar-refractivity contribution in [1.82, 2.24) is 0 Å². The predicted molar refractivity (Wildman–Crippen MR) is 93.6 cm³/mol. The van der Waals surface area contributed by atoms with Gasteiger partial charge in [-0.15, -0.1) is 0 Å². The van der Waals surface area contributed by atoms with Gasteiger partial charge < -0.3 is 4.74 Å². The van der Waals surface area contributed by atoms with Crippen LogP contribution < -0.4 is 9.46 Å². The Bertz CT molecular complexity index is 819. The Morgan fingerprint density at radius 2 is 1.72 bits per heavy atom. The molecule has 0 saturated carbocycles. The first-order valence-electron chi connectivity index (χ1n) is 7.84. The molecule has 0 aromatic heterocycles. The maximum atomic E-state index is 12.5. The number of hydrogen-bond donors (Lipinski definition) is 1. The molecule has 2 aromatic carbocycles. The third-order valence-corrected chi connectivity index (χ3v) is 4.85. The average molecular weight is 369 g/mol. The lowest BCUT2D eigenvalue weighted by Crippen LogP contribution is -2.15. The van der Waals surface area contributed by atoms with E-state index in [-0.39, 0.29) is 16.3 Å². The third kappa shape index (κ3) is 5.42. The van der Waals surface area contributed by atoms with Gasteiger partial charge in [-0.25, -0.2) is 8.42 Å². The van der Waals surface area contributed by atoms with Crippen molar-refractivity contribution in [3.05, 3.63) is 53.6 Å². The van der Waals surface area contributed by atoms with Crippen LogP contribution in [-0.4, -0.2) is 15.0 Å². The summed E-state index contributed by atoms with van der Waals surface area (Å²) in [5.41, 5.74) is 1.73. The molecule has 0 aliphatic carbocycles. The molecule has 0 amide bonds. The maximum absolute atomic E-state index is 12.5. The van der Waals surface area contributed by atoms with Crippen LogP contribution in [-0.2, 0) is 16.4 Å². The molecule has 0 bridgehead atoms. The van der Waals surface area contributed by atoms with Gasteiger partial charge in [0.05, 0.1) is 10.6 Å². The van der Waals surface area contributed by atoms with Crippen molar-refractivity contribution < 1.29 is 21.9 Å². The second-order valence-corrected chi connectivity index (χ2v) is 7.91. The molecular formula is C18H21F2NO3S. The molecule has 25 heavy (non-hydrogen) atoms. The van der Waals surface area contributed by atoms with E-state index < -0.39 is 16.6 Å². The zero-order valence-electron chi connectivity index (χ0n) is 14.3. The molecular weight excluding hydrogens is 348 g/mol. The fraction of sp³-hybridized carbons (Fsp3) is 0.333. The number of halogens is 2. The van der Waals surface area contributed by atoms with E-state index in [0.717, 1.165) is 12.0 Å². The monoisotopic (exact) mass is 369 g/mol. The molecule has 2 aromatic rings. The fourth-order valence-electron chi connectivity index (χ4n) is 2.40. The molecule has 0 atom stereocenters. The highest BCUT2D eigenvalue weighted by atomic mass is 32.2. The molecule has 2 rings (SSSR count). The summed E-state index contributed by atoms with van der Waals surface area (Å²) in [6, 6.07) is 10.8. The van der Waals surface area contributed by atoms with Gasteiger partial charge in [0, 0.05) is 0 Å². The van der Waals surface area contributed by atoms with Gasteiger partial charge in [0.1, 0.15) is 5.75 Å². The van der Waals surface area contributed by atoms with Crippen LogP contribution in [0.25, 0.3) is 0 Å². The van der Waals surface area contributed by atoms with Crippen LogP contribution in [0.4, 0.5) is 14.5 Å². The quantitative estimate of drug-likeness (QED) is 0.776. The van der Waals surface area contributed by atoms with Crippen LogP contribution in [0.5, 0.6) is 5.75 Å². The highest BCUT2D eigenvalue weighted by Gasteiger charge is 2.18. The molecule has 7 heteroatoms. The smallest absolute Gasteiger partial charge is 0.387 e. The minimum atomic E-state index is -3.91. The maximum Gasteiger partial charge on any atom is 0.387 e. The Labute approximate surface area is 146 Å². The standard InChI is InChI=1S/C18H21F2NO3S/c1-12(2)10-14-5-7-15(8-6-14)25(22,23)21-16-11-13(3)4-9-17(16)24-18(19)20/h4-9,11-12,18,21H,10H2,1-3H3. The van der Waals surface area contributed by atoms with E-state index in [1.165, 1.54) is 24.3 Å². The third-order valence-electron chi connectivity index (χ3n) is 3.47. The normalized spacial score (nSPS) is 11.8. The molecule has 136 valence electrons. The molecule has 0 aliphatic heterocycles. The molecule has 4 nitrogen and oxygen atoms in total. The number of alkyl halides is 2. The van der Waals surface area contributed by atoms with Crippen LogP contribution in [0.3, 0.4) is 0 Å². The Kier molecular flexibility index (Phi) is 6.00. The van der Waals surface area contributed by atoms with Crippen molar-refractivity contribution in [2.75, 3.05) is 4.72 Å². The molecule has 0 unspecified atom stereocenters. The van der Waals surface area contributed by atoms with Crippen molar-refractivity contribution in [3.8, 4) is 5.75 Å². The molecule has 0 heterocycles. The van der Waals surface area contributed by atoms with Crippen LogP contribution in [0.15, 0.2) is 47.4 Å². The minimum absolute atomic E-state index is 0.0217. The summed E-state index contributed by atoms with van der Waals surface area (Å²) in [7, 11) is -3.91. The van der Waals surface area contributed by atoms with Gasteiger partial charge in [0.2, 0.25) is 0 Å². The van der Waals surface area contributed by atoms with Crippen molar-refractivity contribution in [2.24, 2.45) is 5.92 Å². The number of anilines is 1. The number of sulfonamides is 1. The lowest BCUT2D eigenvalue weighted by atomic mass is 10.0. The largest absolute Gasteiger partial charge is 0.433 e. The van der Waals surface area contributed by atoms with Crippen molar-refractivity contribution in [3.63, 3.8) is 0 Å². The highest BCUT2D eigenvalue weighted by Crippen LogP contribution is 2.29. The zero-order valence-corrected chi connectivity index (χ0v) is 15.1. The summed E-state index contributed by atoms with van der Waals surface area (Å²) in [4.78, 5) is 0.0597. The first-order chi connectivity index (χ1) is 11.7. The van der Waals surface area contributed by atoms with E-state index in [9.17, 15) is 17.2 Å². The van der Waals surface area contributed by atoms with Crippen molar-refractivity contribution in [1.29, 1.82) is 0 Å². The molecule has 1 N–H and O–H groups in total. The van der Waals surface area contributed by atoms with E-state index >= 15 is 0 Å². The van der Waals surface area contributed by atoms with Crippen LogP contribution >= 0.6 is 0 Å². The summed E-state index contributed by atoms with van der Waals surface area (Å²) in [5, 5.41) is 0. The lowest BCUT2D eigenvalue weighted by Gasteiger charge is -2.14. The summed E-state index contributed by atoms with van der Waals surface area (Å²) in [6.07, 6.45) is 0.845. The van der Waals surface area contributed by atoms with Gasteiger partial charge in [-0.2, -0.15) is 8.78 Å². The predicted octanol–water partition coefficient (Wildman–Crippen LogP) is 4.60. The molecule has 0 fully saturated rings. The summed E-state index contributed by atoms with van der Waals surface area (Å²) in [5.74, 6) is 0.238. The van der Waals surface area contributed by atoms with Crippen molar-refractivity contribution >= 4 is 15.7 Å². The topological polar surface area (TPSA) is 55.4 Å². The van der Waals surface area contributed by atoms with E-state index in [1.54, 1.807) is 25.1 Å². The Morgan fingerprint density at radius 1 is 1.08 bits per heavy atom. The molecule has 0 aliphatic rings. The van der Waals surface area contributed by atoms with E-state index in [4.69, 9.17) is 0 Å². The first-order valence-corrected chi connectivity index (χ1v) is 9.33. The second kappa shape index (κ2) is 7.82. The number of rotatable bonds is 7. The Hall–Kier alpha value is -2.15. The van der Waals surface area contributed by atoms with Gasteiger partial charge in [-0.3, -0.25) is 4.72 Å². The van der Waals surface area contributed by atoms with Crippen LogP contribution in [0.1, 0.15) is 25.0 Å². The van der Waals surface area contributed by atoms with Crippen molar-refractivity contribution in [2.45, 2.75) is 38.7 Å². The summed E-state index contributed by atoms with van der Waals surface area (Å²) in [6.45, 7) is 2.84. The molecule has 0 radical (unpaired) electrons. The fourth-order valence-corrected chi connectivity index (χ4v) is 3.46. The first kappa shape index (κ1) is 19.2. The average Bonchev–Trinajstić information content (AvgIpc) is 2.49. The van der Waals surface area contributed by atoms with E-state index in [0.29, 0.717) is 11.5 Å². The summed E-state index contributed by atoms with van der Waals surface area (Å²) < 4.78 is 56.8. The Morgan fingerprint density at radius 3 is 2.28 bits per heavy atom. The molecule has 0 spiro atoms. The van der Waals surface area contributed by atoms with Gasteiger partial charge in [-0.1, -0.05) is 32.0 Å². The van der Waals surface area contributed by atoms with Crippen LogP contribution in [0.2, 0.25) is 0 Å². The van der Waals surface area contributed by atoms with Gasteiger partial charge >= 0.3 is 6.61 Å².